The molecule has 0 atom stereocenters. The maximum atomic E-state index is 11.2. The minimum atomic E-state index is 0.113. The molecule has 14 heavy (non-hydrogen) atoms. The number of benzene rings is 1. The maximum Gasteiger partial charge on any atom is 0.224 e. The molecule has 1 aliphatic rings. The number of para-hydroxylation sites is 1. The van der Waals surface area contributed by atoms with Crippen molar-refractivity contribution in [1.82, 2.24) is 0 Å². The summed E-state index contributed by atoms with van der Waals surface area (Å²) in [6.07, 6.45) is 2.27. The molecule has 0 aliphatic carbocycles. The lowest BCUT2D eigenvalue weighted by Gasteiger charge is -2.19. The van der Waals surface area contributed by atoms with E-state index in [4.69, 9.17) is 5.73 Å². The summed E-state index contributed by atoms with van der Waals surface area (Å²) in [4.78, 5) is 11.2. The Bertz CT molecular complexity index is 360. The summed E-state index contributed by atoms with van der Waals surface area (Å²) in [7, 11) is 0. The van der Waals surface area contributed by atoms with Crippen LogP contribution in [0, 0.1) is 0 Å². The zero-order chi connectivity index (χ0) is 9.97. The van der Waals surface area contributed by atoms with Crippen LogP contribution in [0.2, 0.25) is 0 Å². The Morgan fingerprint density at radius 2 is 2.21 bits per heavy atom. The van der Waals surface area contributed by atoms with Crippen molar-refractivity contribution in [2.24, 2.45) is 5.73 Å². The molecule has 1 amide bonds. The first-order valence-corrected chi connectivity index (χ1v) is 4.92. The van der Waals surface area contributed by atoms with Crippen molar-refractivity contribution in [2.45, 2.75) is 19.3 Å². The zero-order valence-corrected chi connectivity index (χ0v) is 8.05. The number of fused-ring (bicyclic) bond motifs is 1. The third kappa shape index (κ3) is 1.63. The highest BCUT2D eigenvalue weighted by molar-refractivity contribution is 5.94. The quantitative estimate of drug-likeness (QED) is 0.733. The molecule has 0 saturated heterocycles. The first-order chi connectivity index (χ1) is 6.81. The van der Waals surface area contributed by atoms with E-state index in [-0.39, 0.29) is 5.91 Å². The fourth-order valence-electron chi connectivity index (χ4n) is 1.84. The third-order valence-electron chi connectivity index (χ3n) is 2.54. The summed E-state index contributed by atoms with van der Waals surface area (Å²) in [5.74, 6) is 0.113. The van der Waals surface area contributed by atoms with Gasteiger partial charge in [-0.2, -0.15) is 0 Å². The van der Waals surface area contributed by atoms with Crippen LogP contribution in [0.25, 0.3) is 0 Å². The molecule has 0 fully saturated rings. The van der Waals surface area contributed by atoms with Crippen LogP contribution in [0.1, 0.15) is 17.5 Å². The Kier molecular flexibility index (Phi) is 2.50. The van der Waals surface area contributed by atoms with Gasteiger partial charge in [0.15, 0.2) is 0 Å². The minimum absolute atomic E-state index is 0.113. The smallest absolute Gasteiger partial charge is 0.224 e. The molecule has 2 rings (SSSR count). The average Bonchev–Trinajstić information content (AvgIpc) is 2.19. The maximum absolute atomic E-state index is 11.2. The highest BCUT2D eigenvalue weighted by Gasteiger charge is 2.16. The van der Waals surface area contributed by atoms with Crippen LogP contribution < -0.4 is 11.1 Å². The number of nitrogens with one attached hydrogen (secondary N) is 1. The van der Waals surface area contributed by atoms with E-state index in [1.165, 1.54) is 5.56 Å². The van der Waals surface area contributed by atoms with E-state index in [1.54, 1.807) is 0 Å². The molecule has 74 valence electrons. The molecule has 1 aliphatic heterocycles. The summed E-state index contributed by atoms with van der Waals surface area (Å²) in [5.41, 5.74) is 8.89. The van der Waals surface area contributed by atoms with Crippen molar-refractivity contribution in [3.8, 4) is 0 Å². The third-order valence-corrected chi connectivity index (χ3v) is 2.54. The molecule has 3 heteroatoms. The topological polar surface area (TPSA) is 55.1 Å². The summed E-state index contributed by atoms with van der Waals surface area (Å²) < 4.78 is 0. The molecule has 0 aromatic heterocycles. The Hall–Kier alpha value is -1.35. The van der Waals surface area contributed by atoms with Gasteiger partial charge in [-0.3, -0.25) is 4.79 Å². The van der Waals surface area contributed by atoms with Gasteiger partial charge in [0.05, 0.1) is 0 Å². The van der Waals surface area contributed by atoms with Crippen LogP contribution in [0.4, 0.5) is 5.69 Å². The number of anilines is 1. The van der Waals surface area contributed by atoms with Gasteiger partial charge in [0.2, 0.25) is 5.91 Å². The van der Waals surface area contributed by atoms with Crippen LogP contribution in [0.5, 0.6) is 0 Å². The van der Waals surface area contributed by atoms with E-state index in [2.05, 4.69) is 11.4 Å². The summed E-state index contributed by atoms with van der Waals surface area (Å²) >= 11 is 0. The number of hydrogen-bond donors (Lipinski definition) is 2. The second kappa shape index (κ2) is 3.80. The van der Waals surface area contributed by atoms with Crippen LogP contribution >= 0.6 is 0 Å². The lowest BCUT2D eigenvalue weighted by atomic mass is 9.97. The van der Waals surface area contributed by atoms with Gasteiger partial charge in [-0.15, -0.1) is 0 Å². The van der Waals surface area contributed by atoms with E-state index in [1.807, 2.05) is 12.1 Å². The predicted molar refractivity (Wildman–Crippen MR) is 56.2 cm³/mol. The molecule has 1 aromatic carbocycles. The number of rotatable bonds is 2. The number of amides is 1. The van der Waals surface area contributed by atoms with Crippen LogP contribution in [0.15, 0.2) is 18.2 Å². The minimum Gasteiger partial charge on any atom is -0.330 e. The van der Waals surface area contributed by atoms with Gasteiger partial charge in [-0.1, -0.05) is 18.2 Å². The highest BCUT2D eigenvalue weighted by Crippen LogP contribution is 2.26. The first kappa shape index (κ1) is 9.21. The number of nitrogens with two attached hydrogens (primary N) is 1. The first-order valence-electron chi connectivity index (χ1n) is 4.92. The van der Waals surface area contributed by atoms with Crippen molar-refractivity contribution in [3.05, 3.63) is 29.3 Å². The fraction of sp³-hybridized carbons (Fsp3) is 0.364. The van der Waals surface area contributed by atoms with Crippen molar-refractivity contribution in [2.75, 3.05) is 11.9 Å². The molecule has 0 spiro atoms. The van der Waals surface area contributed by atoms with Gasteiger partial charge in [0, 0.05) is 12.1 Å². The lowest BCUT2D eigenvalue weighted by molar-refractivity contribution is -0.116. The molecule has 3 N–H and O–H groups in total. The highest BCUT2D eigenvalue weighted by atomic mass is 16.1. The van der Waals surface area contributed by atoms with Gasteiger partial charge in [-0.25, -0.2) is 0 Å². The summed E-state index contributed by atoms with van der Waals surface area (Å²) in [5, 5.41) is 2.92. The van der Waals surface area contributed by atoms with E-state index >= 15 is 0 Å². The van der Waals surface area contributed by atoms with Gasteiger partial charge in [-0.05, 0) is 30.5 Å². The Balaban J connectivity index is 2.38. The normalized spacial score (nSPS) is 14.8. The van der Waals surface area contributed by atoms with E-state index in [0.717, 1.165) is 24.1 Å². The Morgan fingerprint density at radius 1 is 1.36 bits per heavy atom. The van der Waals surface area contributed by atoms with Gasteiger partial charge < -0.3 is 11.1 Å². The number of aryl methyl sites for hydroxylation is 1. The Labute approximate surface area is 83.3 Å². The second-order valence-electron chi connectivity index (χ2n) is 3.54. The van der Waals surface area contributed by atoms with Crippen LogP contribution in [-0.4, -0.2) is 12.5 Å². The van der Waals surface area contributed by atoms with Crippen molar-refractivity contribution in [3.63, 3.8) is 0 Å². The lowest BCUT2D eigenvalue weighted by Crippen LogP contribution is -2.21. The fourth-order valence-corrected chi connectivity index (χ4v) is 1.84. The van der Waals surface area contributed by atoms with Crippen molar-refractivity contribution >= 4 is 11.6 Å². The Morgan fingerprint density at radius 3 is 3.00 bits per heavy atom. The molecule has 3 nitrogen and oxygen atoms in total. The molecule has 0 saturated carbocycles. The summed E-state index contributed by atoms with van der Waals surface area (Å²) in [6, 6.07) is 6.12. The number of hydrogen-bond acceptors (Lipinski definition) is 2. The van der Waals surface area contributed by atoms with Gasteiger partial charge in [0.25, 0.3) is 0 Å². The molecular weight excluding hydrogens is 176 g/mol. The van der Waals surface area contributed by atoms with Gasteiger partial charge >= 0.3 is 0 Å². The monoisotopic (exact) mass is 190 g/mol. The second-order valence-corrected chi connectivity index (χ2v) is 3.54. The molecule has 1 aromatic rings. The molecule has 0 unspecified atom stereocenters. The largest absolute Gasteiger partial charge is 0.330 e. The summed E-state index contributed by atoms with van der Waals surface area (Å²) in [6.45, 7) is 0.617. The number of carbonyl (C=O) groups is 1. The molecule has 1 heterocycles. The van der Waals surface area contributed by atoms with E-state index < -0.39 is 0 Å². The van der Waals surface area contributed by atoms with E-state index in [0.29, 0.717) is 13.0 Å². The predicted octanol–water partition coefficient (Wildman–Crippen LogP) is 1.07. The van der Waals surface area contributed by atoms with Crippen molar-refractivity contribution < 1.29 is 4.79 Å². The SMILES string of the molecule is NCCc1cccc2c1NC(=O)CC2. The average molecular weight is 190 g/mol. The molecule has 0 radical (unpaired) electrons. The van der Waals surface area contributed by atoms with Gasteiger partial charge in [0.1, 0.15) is 0 Å². The molecular formula is C11H14N2O. The molecule has 0 bridgehead atoms. The number of carbonyl (C=O) groups excluding carboxylic acids is 1. The van der Waals surface area contributed by atoms with Crippen molar-refractivity contribution in [1.29, 1.82) is 0 Å². The van der Waals surface area contributed by atoms with E-state index in [9.17, 15) is 4.79 Å². The standard InChI is InChI=1S/C11H14N2O/c12-7-6-9-3-1-2-8-4-5-10(14)13-11(8)9/h1-3H,4-7,12H2,(H,13,14). The van der Waals surface area contributed by atoms with Crippen LogP contribution in [0.3, 0.4) is 0 Å². The van der Waals surface area contributed by atoms with Crippen LogP contribution in [-0.2, 0) is 17.6 Å². The zero-order valence-electron chi connectivity index (χ0n) is 8.05.